The van der Waals surface area contributed by atoms with Gasteiger partial charge in [0.25, 0.3) is 5.91 Å². The number of carbonyl (C=O) groups is 1. The van der Waals surface area contributed by atoms with E-state index in [2.05, 4.69) is 5.32 Å². The lowest BCUT2D eigenvalue weighted by Gasteiger charge is -2.12. The van der Waals surface area contributed by atoms with E-state index in [1.165, 1.54) is 0 Å². The molecule has 0 aliphatic rings. The summed E-state index contributed by atoms with van der Waals surface area (Å²) in [6.07, 6.45) is 1.59. The normalized spacial score (nSPS) is 10.8. The highest BCUT2D eigenvalue weighted by atomic mass is 32.2. The van der Waals surface area contributed by atoms with Gasteiger partial charge in [-0.3, -0.25) is 9.59 Å². The number of aryl methyl sites for hydroxylation is 1. The summed E-state index contributed by atoms with van der Waals surface area (Å²) >= 11 is 1.56. The Kier molecular flexibility index (Phi) is 5.00. The zero-order valence-electron chi connectivity index (χ0n) is 15.3. The largest absolute Gasteiger partial charge is 0.350 e. The second kappa shape index (κ2) is 7.74. The van der Waals surface area contributed by atoms with E-state index in [-0.39, 0.29) is 11.0 Å². The molecule has 1 aromatic heterocycles. The Bertz CT molecular complexity index is 1220. The Labute approximate surface area is 166 Å². The van der Waals surface area contributed by atoms with Crippen molar-refractivity contribution in [1.82, 2.24) is 4.57 Å². The summed E-state index contributed by atoms with van der Waals surface area (Å²) in [5.41, 5.74) is 1.33. The number of hydrogen-bond donors (Lipinski definition) is 1. The molecule has 138 valence electrons. The molecule has 0 fully saturated rings. The molecular formula is C23H18N2O2S. The number of benzene rings is 3. The Morgan fingerprint density at radius 1 is 0.893 bits per heavy atom. The van der Waals surface area contributed by atoms with E-state index in [9.17, 15) is 9.59 Å². The van der Waals surface area contributed by atoms with E-state index >= 15 is 0 Å². The van der Waals surface area contributed by atoms with Crippen LogP contribution >= 0.6 is 11.8 Å². The minimum atomic E-state index is -0.410. The van der Waals surface area contributed by atoms with Crippen molar-refractivity contribution < 1.29 is 4.79 Å². The summed E-state index contributed by atoms with van der Waals surface area (Å²) in [4.78, 5) is 27.7. The average molecular weight is 386 g/mol. The van der Waals surface area contributed by atoms with Crippen LogP contribution in [0, 0.1) is 0 Å². The lowest BCUT2D eigenvalue weighted by Crippen LogP contribution is -2.23. The predicted octanol–water partition coefficient (Wildman–Crippen LogP) is 4.94. The number of nitrogens with zero attached hydrogens (tertiary/aromatic N) is 1. The molecule has 0 atom stereocenters. The van der Waals surface area contributed by atoms with E-state index in [0.29, 0.717) is 11.1 Å². The van der Waals surface area contributed by atoms with E-state index in [1.54, 1.807) is 34.7 Å². The van der Waals surface area contributed by atoms with E-state index < -0.39 is 5.91 Å². The molecule has 1 amide bonds. The van der Waals surface area contributed by atoms with Crippen LogP contribution in [0.5, 0.6) is 0 Å². The molecule has 1 N–H and O–H groups in total. The smallest absolute Gasteiger partial charge is 0.261 e. The van der Waals surface area contributed by atoms with Gasteiger partial charge in [-0.05, 0) is 36.4 Å². The number of nitrogens with one attached hydrogen (secondary N) is 1. The number of hydrogen-bond acceptors (Lipinski definition) is 3. The van der Waals surface area contributed by atoms with Crippen LogP contribution in [0.3, 0.4) is 0 Å². The molecular weight excluding hydrogens is 368 g/mol. The van der Waals surface area contributed by atoms with Gasteiger partial charge in [-0.25, -0.2) is 0 Å². The van der Waals surface area contributed by atoms with Crippen molar-refractivity contribution in [2.45, 2.75) is 9.79 Å². The fraction of sp³-hybridized carbons (Fsp3) is 0.0435. The van der Waals surface area contributed by atoms with Gasteiger partial charge < -0.3 is 9.88 Å². The standard InChI is InChI=1S/C23H18N2O2S/c1-25-15-18(22(26)17-11-5-7-13-20(17)25)23(27)24-19-12-6-8-14-21(19)28-16-9-3-2-4-10-16/h2-15H,1H3,(H,24,27). The average Bonchev–Trinajstić information content (AvgIpc) is 2.73. The maximum absolute atomic E-state index is 12.9. The number of rotatable bonds is 4. The van der Waals surface area contributed by atoms with Crippen LogP contribution in [0.4, 0.5) is 5.69 Å². The van der Waals surface area contributed by atoms with Crippen molar-refractivity contribution in [3.8, 4) is 0 Å². The highest BCUT2D eigenvalue weighted by molar-refractivity contribution is 7.99. The maximum Gasteiger partial charge on any atom is 0.261 e. The van der Waals surface area contributed by atoms with E-state index in [0.717, 1.165) is 15.3 Å². The molecule has 3 aromatic carbocycles. The first-order chi connectivity index (χ1) is 13.6. The summed E-state index contributed by atoms with van der Waals surface area (Å²) in [7, 11) is 1.83. The predicted molar refractivity (Wildman–Crippen MR) is 114 cm³/mol. The van der Waals surface area contributed by atoms with Gasteiger partial charge in [0.1, 0.15) is 5.56 Å². The van der Waals surface area contributed by atoms with Gasteiger partial charge in [-0.15, -0.1) is 0 Å². The summed E-state index contributed by atoms with van der Waals surface area (Å²) in [5.74, 6) is -0.410. The van der Waals surface area contributed by atoms with Crippen LogP contribution < -0.4 is 10.7 Å². The number of anilines is 1. The van der Waals surface area contributed by atoms with Crippen molar-refractivity contribution in [3.63, 3.8) is 0 Å². The van der Waals surface area contributed by atoms with Crippen LogP contribution in [0.15, 0.2) is 99.6 Å². The van der Waals surface area contributed by atoms with Crippen LogP contribution in [-0.2, 0) is 7.05 Å². The molecule has 0 saturated carbocycles. The molecule has 0 bridgehead atoms. The Hall–Kier alpha value is -3.31. The highest BCUT2D eigenvalue weighted by Crippen LogP contribution is 2.33. The van der Waals surface area contributed by atoms with Crippen LogP contribution in [-0.4, -0.2) is 10.5 Å². The van der Waals surface area contributed by atoms with Crippen LogP contribution in [0.2, 0.25) is 0 Å². The molecule has 4 rings (SSSR count). The van der Waals surface area contributed by atoms with E-state index in [1.807, 2.05) is 73.8 Å². The van der Waals surface area contributed by atoms with Gasteiger partial charge in [0, 0.05) is 28.4 Å². The number of amides is 1. The molecule has 4 nitrogen and oxygen atoms in total. The summed E-state index contributed by atoms with van der Waals surface area (Å²) in [6, 6.07) is 24.8. The monoisotopic (exact) mass is 386 g/mol. The number of carbonyl (C=O) groups excluding carboxylic acids is 1. The first-order valence-corrected chi connectivity index (χ1v) is 9.67. The number of para-hydroxylation sites is 2. The molecule has 0 spiro atoms. The van der Waals surface area contributed by atoms with Crippen molar-refractivity contribution in [2.75, 3.05) is 5.32 Å². The molecule has 0 unspecified atom stereocenters. The zero-order chi connectivity index (χ0) is 19.5. The molecule has 0 aliphatic heterocycles. The number of aromatic nitrogens is 1. The van der Waals surface area contributed by atoms with Gasteiger partial charge in [-0.2, -0.15) is 0 Å². The molecule has 0 radical (unpaired) electrons. The van der Waals surface area contributed by atoms with Gasteiger partial charge in [0.15, 0.2) is 0 Å². The fourth-order valence-corrected chi connectivity index (χ4v) is 3.99. The Balaban J connectivity index is 1.68. The topological polar surface area (TPSA) is 51.1 Å². The molecule has 4 aromatic rings. The highest BCUT2D eigenvalue weighted by Gasteiger charge is 2.16. The van der Waals surface area contributed by atoms with Gasteiger partial charge in [-0.1, -0.05) is 54.2 Å². The summed E-state index contributed by atoms with van der Waals surface area (Å²) in [6.45, 7) is 0. The van der Waals surface area contributed by atoms with Crippen molar-refractivity contribution in [2.24, 2.45) is 7.05 Å². The Morgan fingerprint density at radius 2 is 1.57 bits per heavy atom. The Morgan fingerprint density at radius 3 is 2.39 bits per heavy atom. The van der Waals surface area contributed by atoms with Gasteiger partial charge in [0.05, 0.1) is 11.2 Å². The third-order valence-corrected chi connectivity index (χ3v) is 5.53. The molecule has 1 heterocycles. The molecule has 0 saturated heterocycles. The third kappa shape index (κ3) is 3.57. The fourth-order valence-electron chi connectivity index (χ4n) is 3.07. The summed E-state index contributed by atoms with van der Waals surface area (Å²) in [5, 5.41) is 3.44. The SMILES string of the molecule is Cn1cc(C(=O)Nc2ccccc2Sc2ccccc2)c(=O)c2ccccc21. The first-order valence-electron chi connectivity index (χ1n) is 8.85. The molecule has 0 aliphatic carbocycles. The second-order valence-electron chi connectivity index (χ2n) is 6.37. The van der Waals surface area contributed by atoms with Crippen molar-refractivity contribution in [3.05, 3.63) is 101 Å². The number of pyridine rings is 1. The lowest BCUT2D eigenvalue weighted by molar-refractivity contribution is 0.102. The van der Waals surface area contributed by atoms with Crippen LogP contribution in [0.25, 0.3) is 10.9 Å². The first kappa shape index (κ1) is 18.1. The summed E-state index contributed by atoms with van der Waals surface area (Å²) < 4.78 is 1.80. The van der Waals surface area contributed by atoms with E-state index in [4.69, 9.17) is 0 Å². The molecule has 5 heteroatoms. The zero-order valence-corrected chi connectivity index (χ0v) is 16.1. The minimum Gasteiger partial charge on any atom is -0.350 e. The lowest BCUT2D eigenvalue weighted by atomic mass is 10.1. The van der Waals surface area contributed by atoms with Crippen LogP contribution in [0.1, 0.15) is 10.4 Å². The van der Waals surface area contributed by atoms with Crippen molar-refractivity contribution >= 4 is 34.3 Å². The van der Waals surface area contributed by atoms with Gasteiger partial charge >= 0.3 is 0 Å². The third-order valence-electron chi connectivity index (χ3n) is 4.45. The minimum absolute atomic E-state index is 0.126. The second-order valence-corrected chi connectivity index (χ2v) is 7.48. The quantitative estimate of drug-likeness (QED) is 0.540. The van der Waals surface area contributed by atoms with Gasteiger partial charge in [0.2, 0.25) is 5.43 Å². The maximum atomic E-state index is 12.9. The van der Waals surface area contributed by atoms with Crippen molar-refractivity contribution in [1.29, 1.82) is 0 Å². The molecule has 28 heavy (non-hydrogen) atoms. The number of fused-ring (bicyclic) bond motifs is 1.